The Balaban J connectivity index is 1.97. The number of anilines is 1. The second-order valence-electron chi connectivity index (χ2n) is 5.29. The normalized spacial score (nSPS) is 18.3. The van der Waals surface area contributed by atoms with Gasteiger partial charge in [0.2, 0.25) is 0 Å². The first-order chi connectivity index (χ1) is 10.2. The SMILES string of the molecule is CC[C@H]1CN(C)c2ccccc2CN1C(=O)c1csnn1. The standard InChI is InChI=1S/C15H18N4OS/c1-3-12-9-18(2)14-7-5-4-6-11(14)8-19(12)15(20)13-10-21-17-16-13/h4-7,10,12H,3,8-9H2,1-2H3/t12-/m0/s1. The van der Waals surface area contributed by atoms with Crippen LogP contribution in [0.15, 0.2) is 29.6 Å². The lowest BCUT2D eigenvalue weighted by molar-refractivity contribution is 0.0661. The van der Waals surface area contributed by atoms with E-state index in [4.69, 9.17) is 0 Å². The molecule has 0 N–H and O–H groups in total. The third-order valence-electron chi connectivity index (χ3n) is 3.98. The van der Waals surface area contributed by atoms with Crippen LogP contribution >= 0.6 is 11.5 Å². The van der Waals surface area contributed by atoms with Crippen LogP contribution in [0.3, 0.4) is 0 Å². The number of rotatable bonds is 2. The summed E-state index contributed by atoms with van der Waals surface area (Å²) in [4.78, 5) is 16.9. The van der Waals surface area contributed by atoms with E-state index < -0.39 is 0 Å². The first-order valence-electron chi connectivity index (χ1n) is 7.07. The minimum atomic E-state index is -0.0271. The molecule has 21 heavy (non-hydrogen) atoms. The number of hydrogen-bond donors (Lipinski definition) is 0. The largest absolute Gasteiger partial charge is 0.372 e. The van der Waals surface area contributed by atoms with Crippen molar-refractivity contribution < 1.29 is 4.79 Å². The van der Waals surface area contributed by atoms with Crippen LogP contribution in [0.2, 0.25) is 0 Å². The van der Waals surface area contributed by atoms with Gasteiger partial charge in [-0.15, -0.1) is 5.10 Å². The molecule has 0 unspecified atom stereocenters. The van der Waals surface area contributed by atoms with Gasteiger partial charge in [0.25, 0.3) is 5.91 Å². The predicted octanol–water partition coefficient (Wildman–Crippen LogP) is 2.41. The Morgan fingerprint density at radius 3 is 2.95 bits per heavy atom. The topological polar surface area (TPSA) is 49.3 Å². The van der Waals surface area contributed by atoms with Crippen LogP contribution in [0.5, 0.6) is 0 Å². The van der Waals surface area contributed by atoms with Gasteiger partial charge in [0, 0.05) is 37.2 Å². The Bertz CT molecular complexity index is 628. The van der Waals surface area contributed by atoms with Gasteiger partial charge in [-0.25, -0.2) is 0 Å². The van der Waals surface area contributed by atoms with Crippen LogP contribution in [0, 0.1) is 0 Å². The number of fused-ring (bicyclic) bond motifs is 1. The molecule has 1 aromatic carbocycles. The van der Waals surface area contributed by atoms with E-state index in [0.717, 1.165) is 13.0 Å². The van der Waals surface area contributed by atoms with E-state index in [1.807, 2.05) is 17.0 Å². The third-order valence-corrected chi connectivity index (χ3v) is 4.48. The number of benzene rings is 1. The smallest absolute Gasteiger partial charge is 0.275 e. The van der Waals surface area contributed by atoms with Gasteiger partial charge in [0.05, 0.1) is 0 Å². The Kier molecular flexibility index (Phi) is 3.88. The lowest BCUT2D eigenvalue weighted by atomic mass is 10.1. The summed E-state index contributed by atoms with van der Waals surface area (Å²) in [6.07, 6.45) is 0.918. The molecule has 0 fully saturated rings. The van der Waals surface area contributed by atoms with Gasteiger partial charge in [-0.1, -0.05) is 29.6 Å². The predicted molar refractivity (Wildman–Crippen MR) is 83.6 cm³/mol. The third kappa shape index (κ3) is 2.63. The lowest BCUT2D eigenvalue weighted by Crippen LogP contribution is -2.43. The fraction of sp³-hybridized carbons (Fsp3) is 0.400. The zero-order valence-corrected chi connectivity index (χ0v) is 13.0. The van der Waals surface area contributed by atoms with Crippen molar-refractivity contribution in [2.75, 3.05) is 18.5 Å². The monoisotopic (exact) mass is 302 g/mol. The highest BCUT2D eigenvalue weighted by molar-refractivity contribution is 7.03. The molecular formula is C15H18N4OS. The first-order valence-corrected chi connectivity index (χ1v) is 7.91. The molecule has 1 aliphatic heterocycles. The minimum Gasteiger partial charge on any atom is -0.372 e. The summed E-state index contributed by atoms with van der Waals surface area (Å²) in [7, 11) is 2.08. The number of para-hydroxylation sites is 1. The highest BCUT2D eigenvalue weighted by atomic mass is 32.1. The zero-order chi connectivity index (χ0) is 14.8. The van der Waals surface area contributed by atoms with Gasteiger partial charge < -0.3 is 9.80 Å². The molecule has 1 amide bonds. The summed E-state index contributed by atoms with van der Waals surface area (Å²) in [5.74, 6) is -0.0271. The molecule has 0 bridgehead atoms. The fourth-order valence-corrected chi connectivity index (χ4v) is 3.26. The van der Waals surface area contributed by atoms with Gasteiger partial charge >= 0.3 is 0 Å². The molecule has 2 heterocycles. The summed E-state index contributed by atoms with van der Waals surface area (Å²) in [5.41, 5.74) is 2.82. The molecule has 0 saturated heterocycles. The fourth-order valence-electron chi connectivity index (χ4n) is 2.83. The summed E-state index contributed by atoms with van der Waals surface area (Å²) >= 11 is 1.21. The van der Waals surface area contributed by atoms with E-state index in [9.17, 15) is 4.79 Å². The Morgan fingerprint density at radius 2 is 2.24 bits per heavy atom. The summed E-state index contributed by atoms with van der Waals surface area (Å²) < 4.78 is 3.81. The molecule has 110 valence electrons. The molecule has 2 aromatic rings. The van der Waals surface area contributed by atoms with Crippen molar-refractivity contribution in [3.63, 3.8) is 0 Å². The molecule has 5 nitrogen and oxygen atoms in total. The van der Waals surface area contributed by atoms with Crippen LogP contribution in [0.4, 0.5) is 5.69 Å². The van der Waals surface area contributed by atoms with E-state index in [1.165, 1.54) is 22.8 Å². The van der Waals surface area contributed by atoms with Crippen LogP contribution in [0.1, 0.15) is 29.4 Å². The Labute approximate surface area is 128 Å². The average Bonchev–Trinajstić information content (AvgIpc) is 3.00. The molecule has 6 heteroatoms. The van der Waals surface area contributed by atoms with E-state index in [2.05, 4.69) is 40.6 Å². The van der Waals surface area contributed by atoms with Gasteiger partial charge in [-0.2, -0.15) is 0 Å². The number of aromatic nitrogens is 2. The van der Waals surface area contributed by atoms with Crippen molar-refractivity contribution in [1.29, 1.82) is 0 Å². The van der Waals surface area contributed by atoms with E-state index in [0.29, 0.717) is 12.2 Å². The van der Waals surface area contributed by atoms with Gasteiger partial charge in [0.15, 0.2) is 5.69 Å². The van der Waals surface area contributed by atoms with Crippen molar-refractivity contribution in [3.8, 4) is 0 Å². The van der Waals surface area contributed by atoms with Crippen molar-refractivity contribution in [3.05, 3.63) is 40.9 Å². The quantitative estimate of drug-likeness (QED) is 0.855. The molecule has 1 atom stereocenters. The lowest BCUT2D eigenvalue weighted by Gasteiger charge is -2.30. The average molecular weight is 302 g/mol. The molecular weight excluding hydrogens is 284 g/mol. The number of carbonyl (C=O) groups excluding carboxylic acids is 1. The number of likely N-dealkylation sites (N-methyl/N-ethyl adjacent to an activating group) is 1. The molecule has 0 aliphatic carbocycles. The second kappa shape index (κ2) is 5.81. The number of carbonyl (C=O) groups is 1. The molecule has 1 aliphatic rings. The van der Waals surface area contributed by atoms with Crippen LogP contribution in [-0.4, -0.2) is 40.0 Å². The van der Waals surface area contributed by atoms with E-state index in [-0.39, 0.29) is 11.9 Å². The molecule has 3 rings (SSSR count). The van der Waals surface area contributed by atoms with Crippen molar-refractivity contribution >= 4 is 23.1 Å². The molecule has 1 aromatic heterocycles. The maximum atomic E-state index is 12.7. The number of nitrogens with zero attached hydrogens (tertiary/aromatic N) is 4. The highest BCUT2D eigenvalue weighted by Crippen LogP contribution is 2.27. The van der Waals surface area contributed by atoms with Crippen LogP contribution in [0.25, 0.3) is 0 Å². The van der Waals surface area contributed by atoms with Crippen LogP contribution < -0.4 is 4.90 Å². The van der Waals surface area contributed by atoms with Gasteiger partial charge in [-0.3, -0.25) is 4.79 Å². The van der Waals surface area contributed by atoms with Gasteiger partial charge in [-0.05, 0) is 29.6 Å². The summed E-state index contributed by atoms with van der Waals surface area (Å²) in [5, 5.41) is 5.65. The van der Waals surface area contributed by atoms with Gasteiger partial charge in [0.1, 0.15) is 0 Å². The number of amides is 1. The van der Waals surface area contributed by atoms with Crippen LogP contribution in [-0.2, 0) is 6.54 Å². The van der Waals surface area contributed by atoms with Crippen molar-refractivity contribution in [2.24, 2.45) is 0 Å². The number of hydrogen-bond acceptors (Lipinski definition) is 5. The maximum Gasteiger partial charge on any atom is 0.275 e. The summed E-state index contributed by atoms with van der Waals surface area (Å²) in [6, 6.07) is 8.44. The molecule has 0 spiro atoms. The summed E-state index contributed by atoms with van der Waals surface area (Å²) in [6.45, 7) is 3.57. The second-order valence-corrected chi connectivity index (χ2v) is 5.90. The Hall–Kier alpha value is -1.95. The Morgan fingerprint density at radius 1 is 1.43 bits per heavy atom. The van der Waals surface area contributed by atoms with Crippen molar-refractivity contribution in [1.82, 2.24) is 14.5 Å². The zero-order valence-electron chi connectivity index (χ0n) is 12.2. The van der Waals surface area contributed by atoms with Crippen molar-refractivity contribution in [2.45, 2.75) is 25.9 Å². The highest BCUT2D eigenvalue weighted by Gasteiger charge is 2.30. The molecule has 0 radical (unpaired) electrons. The van der Waals surface area contributed by atoms with E-state index in [1.54, 1.807) is 5.38 Å². The maximum absolute atomic E-state index is 12.7. The minimum absolute atomic E-state index is 0.0271. The molecule has 0 saturated carbocycles. The first kappa shape index (κ1) is 14.0. The van der Waals surface area contributed by atoms with E-state index >= 15 is 0 Å².